The number of hydrogen-bond acceptors (Lipinski definition) is 3. The summed E-state index contributed by atoms with van der Waals surface area (Å²) in [5, 5.41) is 0. The SMILES string of the molecule is O=C1CC(C(F)(F)F)OO1. The highest BCUT2D eigenvalue weighted by Crippen LogP contribution is 2.29. The molecule has 1 unspecified atom stereocenters. The zero-order chi connectivity index (χ0) is 7.78. The van der Waals surface area contributed by atoms with Gasteiger partial charge in [0.15, 0.2) is 0 Å². The molecular weight excluding hydrogens is 153 g/mol. The molecule has 0 bridgehead atoms. The Bertz CT molecular complexity index is 152. The average molecular weight is 156 g/mol. The monoisotopic (exact) mass is 156 g/mol. The molecule has 1 rings (SSSR count). The maximum absolute atomic E-state index is 11.6. The summed E-state index contributed by atoms with van der Waals surface area (Å²) in [6.45, 7) is 0. The number of hydrogen-bond donors (Lipinski definition) is 0. The predicted molar refractivity (Wildman–Crippen MR) is 21.6 cm³/mol. The molecule has 0 aliphatic carbocycles. The molecule has 1 aliphatic heterocycles. The first kappa shape index (κ1) is 7.33. The highest BCUT2D eigenvalue weighted by atomic mass is 19.4. The first-order valence-corrected chi connectivity index (χ1v) is 2.43. The molecule has 1 aliphatic rings. The number of halogens is 3. The van der Waals surface area contributed by atoms with Gasteiger partial charge in [0, 0.05) is 0 Å². The van der Waals surface area contributed by atoms with Crippen LogP contribution in [-0.2, 0) is 14.6 Å². The molecule has 1 atom stereocenters. The van der Waals surface area contributed by atoms with E-state index in [-0.39, 0.29) is 0 Å². The van der Waals surface area contributed by atoms with Gasteiger partial charge in [-0.25, -0.2) is 4.79 Å². The lowest BCUT2D eigenvalue weighted by Crippen LogP contribution is -2.27. The van der Waals surface area contributed by atoms with Crippen molar-refractivity contribution in [3.05, 3.63) is 0 Å². The molecule has 0 saturated carbocycles. The van der Waals surface area contributed by atoms with Gasteiger partial charge in [0.05, 0.1) is 6.42 Å². The van der Waals surface area contributed by atoms with Crippen LogP contribution >= 0.6 is 0 Å². The Balaban J connectivity index is 2.53. The normalized spacial score (nSPS) is 26.7. The maximum Gasteiger partial charge on any atom is 0.419 e. The first-order valence-electron chi connectivity index (χ1n) is 2.43. The van der Waals surface area contributed by atoms with Crippen molar-refractivity contribution in [1.82, 2.24) is 0 Å². The number of alkyl halides is 3. The number of carbonyl (C=O) groups is 1. The van der Waals surface area contributed by atoms with Crippen molar-refractivity contribution in [2.45, 2.75) is 18.7 Å². The van der Waals surface area contributed by atoms with Gasteiger partial charge in [0.1, 0.15) is 0 Å². The molecule has 6 heteroatoms. The van der Waals surface area contributed by atoms with E-state index in [1.54, 1.807) is 0 Å². The summed E-state index contributed by atoms with van der Waals surface area (Å²) >= 11 is 0. The molecule has 0 radical (unpaired) electrons. The third-order valence-electron chi connectivity index (χ3n) is 0.974. The van der Waals surface area contributed by atoms with E-state index in [2.05, 4.69) is 9.78 Å². The van der Waals surface area contributed by atoms with Gasteiger partial charge >= 0.3 is 12.1 Å². The fraction of sp³-hybridized carbons (Fsp3) is 0.750. The molecule has 58 valence electrons. The topological polar surface area (TPSA) is 35.5 Å². The molecule has 0 spiro atoms. The lowest BCUT2D eigenvalue weighted by atomic mass is 10.3. The van der Waals surface area contributed by atoms with Crippen molar-refractivity contribution in [1.29, 1.82) is 0 Å². The van der Waals surface area contributed by atoms with Gasteiger partial charge in [-0.3, -0.25) is 4.89 Å². The Hall–Kier alpha value is -0.780. The van der Waals surface area contributed by atoms with Crippen LogP contribution in [0.3, 0.4) is 0 Å². The Morgan fingerprint density at radius 2 is 2.10 bits per heavy atom. The van der Waals surface area contributed by atoms with Crippen molar-refractivity contribution in [2.24, 2.45) is 0 Å². The fourth-order valence-corrected chi connectivity index (χ4v) is 0.501. The first-order chi connectivity index (χ1) is 4.50. The lowest BCUT2D eigenvalue weighted by molar-refractivity contribution is -0.322. The summed E-state index contributed by atoms with van der Waals surface area (Å²) in [5.74, 6) is -0.984. The van der Waals surface area contributed by atoms with Crippen LogP contribution < -0.4 is 0 Å². The summed E-state index contributed by atoms with van der Waals surface area (Å²) in [7, 11) is 0. The zero-order valence-electron chi connectivity index (χ0n) is 4.64. The van der Waals surface area contributed by atoms with Gasteiger partial charge in [-0.15, -0.1) is 0 Å². The molecule has 3 nitrogen and oxygen atoms in total. The maximum atomic E-state index is 11.6. The molecule has 0 N–H and O–H groups in total. The van der Waals surface area contributed by atoms with Crippen LogP contribution in [0.15, 0.2) is 0 Å². The van der Waals surface area contributed by atoms with Gasteiger partial charge in [-0.2, -0.15) is 18.1 Å². The minimum Gasteiger partial charge on any atom is -0.298 e. The van der Waals surface area contributed by atoms with Crippen LogP contribution in [0.5, 0.6) is 0 Å². The fourth-order valence-electron chi connectivity index (χ4n) is 0.501. The minimum atomic E-state index is -4.51. The highest BCUT2D eigenvalue weighted by Gasteiger charge is 2.47. The van der Waals surface area contributed by atoms with E-state index in [9.17, 15) is 18.0 Å². The summed E-state index contributed by atoms with van der Waals surface area (Å²) in [4.78, 5) is 17.3. The lowest BCUT2D eigenvalue weighted by Gasteiger charge is -2.08. The summed E-state index contributed by atoms with van der Waals surface area (Å²) < 4.78 is 34.7. The average Bonchev–Trinajstić information content (AvgIpc) is 2.11. The molecule has 10 heavy (non-hydrogen) atoms. The molecule has 1 heterocycles. The largest absolute Gasteiger partial charge is 0.419 e. The van der Waals surface area contributed by atoms with Gasteiger partial charge in [0.25, 0.3) is 0 Å². The van der Waals surface area contributed by atoms with E-state index < -0.39 is 24.7 Å². The molecule has 1 saturated heterocycles. The Kier molecular flexibility index (Phi) is 1.55. The van der Waals surface area contributed by atoms with Crippen LogP contribution in [0.1, 0.15) is 6.42 Å². The van der Waals surface area contributed by atoms with Crippen LogP contribution in [0.25, 0.3) is 0 Å². The number of rotatable bonds is 0. The Labute approximate surface area is 53.6 Å². The molecule has 1 fully saturated rings. The van der Waals surface area contributed by atoms with E-state index in [1.165, 1.54) is 0 Å². The molecule has 0 aromatic carbocycles. The van der Waals surface area contributed by atoms with Crippen molar-refractivity contribution < 1.29 is 27.7 Å². The smallest absolute Gasteiger partial charge is 0.298 e. The summed E-state index contributed by atoms with van der Waals surface area (Å²) in [6.07, 6.45) is -7.34. The van der Waals surface area contributed by atoms with Crippen molar-refractivity contribution >= 4 is 5.97 Å². The summed E-state index contributed by atoms with van der Waals surface area (Å²) in [6, 6.07) is 0. The second kappa shape index (κ2) is 2.12. The van der Waals surface area contributed by atoms with Crippen LogP contribution in [-0.4, -0.2) is 18.2 Å². The van der Waals surface area contributed by atoms with Crippen LogP contribution in [0, 0.1) is 0 Å². The van der Waals surface area contributed by atoms with E-state index in [4.69, 9.17) is 0 Å². The Morgan fingerprint density at radius 1 is 1.50 bits per heavy atom. The van der Waals surface area contributed by atoms with E-state index in [0.29, 0.717) is 0 Å². The molecule has 0 aromatic rings. The third-order valence-corrected chi connectivity index (χ3v) is 0.974. The van der Waals surface area contributed by atoms with Crippen molar-refractivity contribution in [3.8, 4) is 0 Å². The van der Waals surface area contributed by atoms with Gasteiger partial charge in [0.2, 0.25) is 6.10 Å². The van der Waals surface area contributed by atoms with E-state index in [1.807, 2.05) is 0 Å². The Morgan fingerprint density at radius 3 is 2.30 bits per heavy atom. The van der Waals surface area contributed by atoms with Crippen LogP contribution in [0.2, 0.25) is 0 Å². The molecule has 0 amide bonds. The van der Waals surface area contributed by atoms with Gasteiger partial charge < -0.3 is 0 Å². The standard InChI is InChI=1S/C4H3F3O3/c5-4(6,7)2-1-3(8)10-9-2/h2H,1H2. The van der Waals surface area contributed by atoms with Crippen molar-refractivity contribution in [2.75, 3.05) is 0 Å². The zero-order valence-corrected chi connectivity index (χ0v) is 4.64. The van der Waals surface area contributed by atoms with E-state index in [0.717, 1.165) is 0 Å². The molecule has 0 aromatic heterocycles. The second-order valence-electron chi connectivity index (χ2n) is 1.79. The van der Waals surface area contributed by atoms with Crippen molar-refractivity contribution in [3.63, 3.8) is 0 Å². The predicted octanol–water partition coefficient (Wildman–Crippen LogP) is 0.796. The minimum absolute atomic E-state index is 0.747. The third kappa shape index (κ3) is 1.38. The van der Waals surface area contributed by atoms with Gasteiger partial charge in [-0.05, 0) is 0 Å². The van der Waals surface area contributed by atoms with E-state index >= 15 is 0 Å². The van der Waals surface area contributed by atoms with Crippen LogP contribution in [0.4, 0.5) is 13.2 Å². The van der Waals surface area contributed by atoms with Gasteiger partial charge in [-0.1, -0.05) is 0 Å². The molecular formula is C4H3F3O3. The summed E-state index contributed by atoms with van der Waals surface area (Å²) in [5.41, 5.74) is 0. The second-order valence-corrected chi connectivity index (χ2v) is 1.79. The number of carbonyl (C=O) groups excluding carboxylic acids is 1. The highest BCUT2D eigenvalue weighted by molar-refractivity contribution is 5.70. The quantitative estimate of drug-likeness (QED) is 0.486.